The van der Waals surface area contributed by atoms with Crippen molar-refractivity contribution < 1.29 is 19.7 Å². The molecule has 0 bridgehead atoms. The lowest BCUT2D eigenvalue weighted by Crippen LogP contribution is -2.36. The first-order chi connectivity index (χ1) is 8.17. The molecule has 1 saturated carbocycles. The average Bonchev–Trinajstić information content (AvgIpc) is 2.41. The summed E-state index contributed by atoms with van der Waals surface area (Å²) in [4.78, 5) is 11.8. The van der Waals surface area contributed by atoms with Gasteiger partial charge in [0.1, 0.15) is 6.61 Å². The van der Waals surface area contributed by atoms with E-state index in [1.54, 1.807) is 0 Å². The van der Waals surface area contributed by atoms with Crippen molar-refractivity contribution in [2.75, 3.05) is 19.8 Å². The van der Waals surface area contributed by atoms with Gasteiger partial charge in [-0.3, -0.25) is 4.79 Å². The van der Waals surface area contributed by atoms with Crippen LogP contribution >= 0.6 is 0 Å². The number of aliphatic hydroxyl groups is 2. The first-order valence-electron chi connectivity index (χ1n) is 6.56. The van der Waals surface area contributed by atoms with Gasteiger partial charge in [-0.1, -0.05) is 26.2 Å². The predicted octanol–water partition coefficient (Wildman–Crippen LogP) is 1.49. The third-order valence-corrected chi connectivity index (χ3v) is 3.88. The van der Waals surface area contributed by atoms with Gasteiger partial charge in [0.15, 0.2) is 0 Å². The zero-order valence-corrected chi connectivity index (χ0v) is 10.7. The van der Waals surface area contributed by atoms with Crippen LogP contribution in [0.3, 0.4) is 0 Å². The van der Waals surface area contributed by atoms with Gasteiger partial charge in [-0.25, -0.2) is 0 Å². The van der Waals surface area contributed by atoms with Crippen LogP contribution in [0.25, 0.3) is 0 Å². The molecule has 1 rings (SSSR count). The molecule has 0 aromatic heterocycles. The largest absolute Gasteiger partial charge is 0.465 e. The maximum Gasteiger partial charge on any atom is 0.308 e. The molecule has 0 aromatic carbocycles. The van der Waals surface area contributed by atoms with Crippen molar-refractivity contribution >= 4 is 5.97 Å². The van der Waals surface area contributed by atoms with Crippen molar-refractivity contribution in [1.29, 1.82) is 0 Å². The number of esters is 1. The maximum absolute atomic E-state index is 11.8. The summed E-state index contributed by atoms with van der Waals surface area (Å²) in [6, 6.07) is 0. The van der Waals surface area contributed by atoms with Gasteiger partial charge in [0.2, 0.25) is 0 Å². The third kappa shape index (κ3) is 3.96. The molecule has 100 valence electrons. The molecule has 1 aliphatic carbocycles. The topological polar surface area (TPSA) is 66.8 Å². The number of hydrogen-bond acceptors (Lipinski definition) is 4. The van der Waals surface area contributed by atoms with Gasteiger partial charge in [0.05, 0.1) is 24.5 Å². The maximum atomic E-state index is 11.8. The highest BCUT2D eigenvalue weighted by Crippen LogP contribution is 2.26. The molecule has 0 aromatic rings. The van der Waals surface area contributed by atoms with E-state index in [1.165, 1.54) is 6.42 Å². The van der Waals surface area contributed by atoms with Crippen molar-refractivity contribution in [2.24, 2.45) is 11.3 Å². The standard InChI is InChI=1S/C13H24O4/c1-2-13(8-14,9-15)10-17-12(16)11-6-4-3-5-7-11/h11,14-15H,2-10H2,1H3. The highest BCUT2D eigenvalue weighted by atomic mass is 16.5. The van der Waals surface area contributed by atoms with Crippen LogP contribution in [0.2, 0.25) is 0 Å². The van der Waals surface area contributed by atoms with Crippen molar-refractivity contribution in [3.63, 3.8) is 0 Å². The molecule has 0 atom stereocenters. The molecular weight excluding hydrogens is 220 g/mol. The number of rotatable bonds is 6. The highest BCUT2D eigenvalue weighted by molar-refractivity contribution is 5.72. The smallest absolute Gasteiger partial charge is 0.308 e. The molecule has 0 radical (unpaired) electrons. The first-order valence-corrected chi connectivity index (χ1v) is 6.56. The van der Waals surface area contributed by atoms with Crippen molar-refractivity contribution in [1.82, 2.24) is 0 Å². The van der Waals surface area contributed by atoms with E-state index in [4.69, 9.17) is 4.74 Å². The summed E-state index contributed by atoms with van der Waals surface area (Å²) in [5.74, 6) is -0.139. The summed E-state index contributed by atoms with van der Waals surface area (Å²) < 4.78 is 5.26. The van der Waals surface area contributed by atoms with E-state index in [0.29, 0.717) is 6.42 Å². The predicted molar refractivity (Wildman–Crippen MR) is 64.4 cm³/mol. The molecule has 0 saturated heterocycles. The lowest BCUT2D eigenvalue weighted by molar-refractivity contribution is -0.155. The fraction of sp³-hybridized carbons (Fsp3) is 0.923. The summed E-state index contributed by atoms with van der Waals surface area (Å²) in [6.07, 6.45) is 5.82. The number of carbonyl (C=O) groups is 1. The fourth-order valence-corrected chi connectivity index (χ4v) is 2.15. The Morgan fingerprint density at radius 2 is 1.82 bits per heavy atom. The van der Waals surface area contributed by atoms with Gasteiger partial charge in [0.25, 0.3) is 0 Å². The lowest BCUT2D eigenvalue weighted by atomic mass is 9.87. The SMILES string of the molecule is CCC(CO)(CO)COC(=O)C1CCCCC1. The van der Waals surface area contributed by atoms with Crippen LogP contribution in [0, 0.1) is 11.3 Å². The van der Waals surface area contributed by atoms with Crippen molar-refractivity contribution in [2.45, 2.75) is 45.4 Å². The van der Waals surface area contributed by atoms with Crippen LogP contribution in [-0.4, -0.2) is 36.0 Å². The van der Waals surface area contributed by atoms with Crippen LogP contribution in [0.5, 0.6) is 0 Å². The number of aliphatic hydroxyl groups excluding tert-OH is 2. The molecule has 17 heavy (non-hydrogen) atoms. The Labute approximate surface area is 103 Å². The van der Waals surface area contributed by atoms with Crippen molar-refractivity contribution in [3.8, 4) is 0 Å². The third-order valence-electron chi connectivity index (χ3n) is 3.88. The van der Waals surface area contributed by atoms with E-state index in [9.17, 15) is 15.0 Å². The lowest BCUT2D eigenvalue weighted by Gasteiger charge is -2.29. The molecule has 0 unspecified atom stereocenters. The fourth-order valence-electron chi connectivity index (χ4n) is 2.15. The summed E-state index contributed by atoms with van der Waals surface area (Å²) in [5, 5.41) is 18.5. The summed E-state index contributed by atoms with van der Waals surface area (Å²) >= 11 is 0. The Morgan fingerprint density at radius 1 is 1.24 bits per heavy atom. The van der Waals surface area contributed by atoms with E-state index in [1.807, 2.05) is 6.92 Å². The Morgan fingerprint density at radius 3 is 2.29 bits per heavy atom. The molecule has 0 amide bonds. The van der Waals surface area contributed by atoms with E-state index in [-0.39, 0.29) is 31.7 Å². The number of ether oxygens (including phenoxy) is 1. The van der Waals surface area contributed by atoms with Gasteiger partial charge in [-0.05, 0) is 19.3 Å². The van der Waals surface area contributed by atoms with E-state index >= 15 is 0 Å². The normalized spacial score (nSPS) is 18.1. The van der Waals surface area contributed by atoms with Crippen LogP contribution in [0.4, 0.5) is 0 Å². The summed E-state index contributed by atoms with van der Waals surface area (Å²) in [5.41, 5.74) is -0.676. The van der Waals surface area contributed by atoms with E-state index in [0.717, 1.165) is 25.7 Å². The zero-order chi connectivity index (χ0) is 12.7. The first kappa shape index (κ1) is 14.5. The van der Waals surface area contributed by atoms with Crippen LogP contribution in [-0.2, 0) is 9.53 Å². The Bertz CT molecular complexity index is 221. The highest BCUT2D eigenvalue weighted by Gasteiger charge is 2.30. The Kier molecular flexibility index (Phi) is 5.92. The summed E-state index contributed by atoms with van der Waals surface area (Å²) in [7, 11) is 0. The Hall–Kier alpha value is -0.610. The number of hydrogen-bond donors (Lipinski definition) is 2. The second-order valence-corrected chi connectivity index (χ2v) is 5.11. The van der Waals surface area contributed by atoms with Gasteiger partial charge in [-0.15, -0.1) is 0 Å². The molecule has 1 fully saturated rings. The molecule has 0 spiro atoms. The minimum absolute atomic E-state index is 0.0238. The van der Waals surface area contributed by atoms with Crippen LogP contribution < -0.4 is 0 Å². The summed E-state index contributed by atoms with van der Waals surface area (Å²) in [6.45, 7) is 1.68. The average molecular weight is 244 g/mol. The minimum atomic E-state index is -0.676. The second kappa shape index (κ2) is 6.97. The quantitative estimate of drug-likeness (QED) is 0.695. The van der Waals surface area contributed by atoms with Gasteiger partial charge in [0, 0.05) is 0 Å². The molecule has 2 N–H and O–H groups in total. The zero-order valence-electron chi connectivity index (χ0n) is 10.7. The van der Waals surface area contributed by atoms with Gasteiger partial charge < -0.3 is 14.9 Å². The minimum Gasteiger partial charge on any atom is -0.465 e. The van der Waals surface area contributed by atoms with Crippen LogP contribution in [0.15, 0.2) is 0 Å². The van der Waals surface area contributed by atoms with E-state index < -0.39 is 5.41 Å². The molecule has 0 heterocycles. The second-order valence-electron chi connectivity index (χ2n) is 5.11. The van der Waals surface area contributed by atoms with Crippen molar-refractivity contribution in [3.05, 3.63) is 0 Å². The molecule has 0 aliphatic heterocycles. The molecule has 4 heteroatoms. The monoisotopic (exact) mass is 244 g/mol. The molecular formula is C13H24O4. The van der Waals surface area contributed by atoms with E-state index in [2.05, 4.69) is 0 Å². The molecule has 4 nitrogen and oxygen atoms in total. The van der Waals surface area contributed by atoms with Gasteiger partial charge >= 0.3 is 5.97 Å². The van der Waals surface area contributed by atoms with Crippen LogP contribution in [0.1, 0.15) is 45.4 Å². The van der Waals surface area contributed by atoms with Gasteiger partial charge in [-0.2, -0.15) is 0 Å². The molecule has 1 aliphatic rings. The number of carbonyl (C=O) groups excluding carboxylic acids is 1. The Balaban J connectivity index is 2.40.